The van der Waals surface area contributed by atoms with Gasteiger partial charge in [0.25, 0.3) is 0 Å². The third-order valence-electron chi connectivity index (χ3n) is 0.645. The predicted molar refractivity (Wildman–Crippen MR) is 39.4 cm³/mol. The third kappa shape index (κ3) is 5.11. The first-order chi connectivity index (χ1) is 4.81. The summed E-state index contributed by atoms with van der Waals surface area (Å²) in [5.74, 6) is 0. The van der Waals surface area contributed by atoms with Crippen LogP contribution < -0.4 is 5.48 Å². The van der Waals surface area contributed by atoms with Crippen molar-refractivity contribution in [1.82, 2.24) is 5.48 Å². The standard InChI is InChI=1S/C6H12N2O2/c1-4-10-7-5-6(2)8-9-3/h5,8H,2,4H2,1,3H3/b7-5-. The second-order valence-electron chi connectivity index (χ2n) is 1.48. The lowest BCUT2D eigenvalue weighted by atomic mass is 10.6. The fourth-order valence-corrected chi connectivity index (χ4v) is 0.333. The van der Waals surface area contributed by atoms with Crippen LogP contribution in [-0.4, -0.2) is 19.9 Å². The molecule has 0 atom stereocenters. The maximum atomic E-state index is 4.66. The monoisotopic (exact) mass is 144 g/mol. The van der Waals surface area contributed by atoms with Crippen molar-refractivity contribution in [1.29, 1.82) is 0 Å². The lowest BCUT2D eigenvalue weighted by Gasteiger charge is -1.98. The quantitative estimate of drug-likeness (QED) is 0.455. The molecule has 0 aliphatic carbocycles. The van der Waals surface area contributed by atoms with E-state index in [-0.39, 0.29) is 0 Å². The van der Waals surface area contributed by atoms with Crippen LogP contribution in [-0.2, 0) is 9.68 Å². The summed E-state index contributed by atoms with van der Waals surface area (Å²) in [5.41, 5.74) is 3.03. The van der Waals surface area contributed by atoms with Crippen LogP contribution in [0.2, 0.25) is 0 Å². The fraction of sp³-hybridized carbons (Fsp3) is 0.500. The second kappa shape index (κ2) is 6.10. The molecule has 0 unspecified atom stereocenters. The molecule has 0 aromatic rings. The lowest BCUT2D eigenvalue weighted by molar-refractivity contribution is 0.122. The Morgan fingerprint density at radius 3 is 3.00 bits per heavy atom. The summed E-state index contributed by atoms with van der Waals surface area (Å²) in [4.78, 5) is 9.20. The minimum atomic E-state index is 0.552. The van der Waals surface area contributed by atoms with Gasteiger partial charge in [0.05, 0.1) is 19.0 Å². The molecule has 58 valence electrons. The van der Waals surface area contributed by atoms with Crippen LogP contribution in [0.4, 0.5) is 0 Å². The van der Waals surface area contributed by atoms with Crippen LogP contribution in [0.1, 0.15) is 6.92 Å². The van der Waals surface area contributed by atoms with E-state index in [1.807, 2.05) is 6.92 Å². The van der Waals surface area contributed by atoms with Gasteiger partial charge < -0.3 is 4.84 Å². The molecule has 0 bridgehead atoms. The number of oxime groups is 1. The van der Waals surface area contributed by atoms with Gasteiger partial charge >= 0.3 is 0 Å². The molecule has 0 saturated carbocycles. The van der Waals surface area contributed by atoms with E-state index in [0.717, 1.165) is 0 Å². The van der Waals surface area contributed by atoms with Crippen molar-refractivity contribution < 1.29 is 9.68 Å². The van der Waals surface area contributed by atoms with E-state index >= 15 is 0 Å². The molecule has 0 aromatic carbocycles. The zero-order valence-corrected chi connectivity index (χ0v) is 6.26. The Morgan fingerprint density at radius 1 is 1.80 bits per heavy atom. The predicted octanol–water partition coefficient (Wildman–Crippen LogP) is 0.673. The van der Waals surface area contributed by atoms with Crippen LogP contribution in [0, 0.1) is 0 Å². The van der Waals surface area contributed by atoms with Crippen LogP contribution in [0.25, 0.3) is 0 Å². The molecule has 0 saturated heterocycles. The van der Waals surface area contributed by atoms with Crippen molar-refractivity contribution in [3.05, 3.63) is 12.3 Å². The van der Waals surface area contributed by atoms with E-state index in [1.54, 1.807) is 0 Å². The van der Waals surface area contributed by atoms with E-state index in [0.29, 0.717) is 12.3 Å². The summed E-state index contributed by atoms with van der Waals surface area (Å²) in [6.45, 7) is 5.95. The highest BCUT2D eigenvalue weighted by molar-refractivity contribution is 5.75. The zero-order valence-electron chi connectivity index (χ0n) is 6.26. The SMILES string of the molecule is C=C(/C=N\OCC)NOC. The summed E-state index contributed by atoms with van der Waals surface area (Å²) in [5, 5.41) is 3.54. The topological polar surface area (TPSA) is 42.8 Å². The molecule has 0 radical (unpaired) electrons. The molecule has 0 aromatic heterocycles. The van der Waals surface area contributed by atoms with E-state index in [1.165, 1.54) is 13.3 Å². The van der Waals surface area contributed by atoms with Crippen molar-refractivity contribution >= 4 is 6.21 Å². The molecular weight excluding hydrogens is 132 g/mol. The van der Waals surface area contributed by atoms with Gasteiger partial charge in [0.15, 0.2) is 0 Å². The average molecular weight is 144 g/mol. The van der Waals surface area contributed by atoms with Crippen LogP contribution in [0.15, 0.2) is 17.4 Å². The van der Waals surface area contributed by atoms with Crippen molar-refractivity contribution in [2.75, 3.05) is 13.7 Å². The number of nitrogens with one attached hydrogen (secondary N) is 1. The summed E-state index contributed by atoms with van der Waals surface area (Å²) < 4.78 is 0. The maximum Gasteiger partial charge on any atom is 0.114 e. The smallest absolute Gasteiger partial charge is 0.114 e. The van der Waals surface area contributed by atoms with Gasteiger partial charge in [-0.25, -0.2) is 0 Å². The van der Waals surface area contributed by atoms with Gasteiger partial charge in [0.2, 0.25) is 0 Å². The molecule has 4 heteroatoms. The molecule has 0 fully saturated rings. The largest absolute Gasteiger partial charge is 0.396 e. The first-order valence-electron chi connectivity index (χ1n) is 2.94. The Balaban J connectivity index is 3.36. The Kier molecular flexibility index (Phi) is 5.47. The zero-order chi connectivity index (χ0) is 7.82. The first-order valence-corrected chi connectivity index (χ1v) is 2.94. The molecular formula is C6H12N2O2. The number of nitrogens with zero attached hydrogens (tertiary/aromatic N) is 1. The first kappa shape index (κ1) is 8.97. The molecule has 0 rings (SSSR count). The number of hydrogen-bond acceptors (Lipinski definition) is 4. The maximum absolute atomic E-state index is 4.66. The van der Waals surface area contributed by atoms with Gasteiger partial charge in [0, 0.05) is 0 Å². The van der Waals surface area contributed by atoms with Crippen molar-refractivity contribution in [2.24, 2.45) is 5.16 Å². The van der Waals surface area contributed by atoms with Gasteiger partial charge in [-0.1, -0.05) is 11.7 Å². The fourth-order valence-electron chi connectivity index (χ4n) is 0.333. The highest BCUT2D eigenvalue weighted by Gasteiger charge is 1.82. The number of allylic oxidation sites excluding steroid dienone is 1. The van der Waals surface area contributed by atoms with E-state index in [9.17, 15) is 0 Å². The summed E-state index contributed by atoms with van der Waals surface area (Å²) in [6, 6.07) is 0. The molecule has 10 heavy (non-hydrogen) atoms. The molecule has 0 aliphatic rings. The van der Waals surface area contributed by atoms with Gasteiger partial charge in [-0.05, 0) is 6.92 Å². The van der Waals surface area contributed by atoms with Gasteiger partial charge in [0.1, 0.15) is 6.61 Å². The summed E-state index contributed by atoms with van der Waals surface area (Å²) in [7, 11) is 1.50. The molecule has 0 spiro atoms. The highest BCUT2D eigenvalue weighted by Crippen LogP contribution is 1.79. The number of rotatable bonds is 5. The van der Waals surface area contributed by atoms with Gasteiger partial charge in [-0.15, -0.1) is 0 Å². The van der Waals surface area contributed by atoms with E-state index in [2.05, 4.69) is 26.9 Å². The van der Waals surface area contributed by atoms with Crippen molar-refractivity contribution in [2.45, 2.75) is 6.92 Å². The average Bonchev–Trinajstić information content (AvgIpc) is 1.89. The summed E-state index contributed by atoms with van der Waals surface area (Å²) in [6.07, 6.45) is 1.44. The molecule has 0 heterocycles. The molecule has 4 nitrogen and oxygen atoms in total. The Bertz CT molecular complexity index is 123. The third-order valence-corrected chi connectivity index (χ3v) is 0.645. The molecule has 0 aliphatic heterocycles. The van der Waals surface area contributed by atoms with E-state index < -0.39 is 0 Å². The van der Waals surface area contributed by atoms with Gasteiger partial charge in [-0.3, -0.25) is 10.3 Å². The minimum absolute atomic E-state index is 0.552. The number of hydroxylamine groups is 1. The highest BCUT2D eigenvalue weighted by atomic mass is 16.6. The van der Waals surface area contributed by atoms with Crippen molar-refractivity contribution in [3.8, 4) is 0 Å². The van der Waals surface area contributed by atoms with Crippen LogP contribution >= 0.6 is 0 Å². The molecule has 0 amide bonds. The minimum Gasteiger partial charge on any atom is -0.396 e. The van der Waals surface area contributed by atoms with Crippen LogP contribution in [0.3, 0.4) is 0 Å². The summed E-state index contributed by atoms with van der Waals surface area (Å²) >= 11 is 0. The lowest BCUT2D eigenvalue weighted by Crippen LogP contribution is -2.10. The number of hydrogen-bond donors (Lipinski definition) is 1. The normalized spacial score (nSPS) is 9.80. The second-order valence-corrected chi connectivity index (χ2v) is 1.48. The Hall–Kier alpha value is -1.03. The van der Waals surface area contributed by atoms with Crippen molar-refractivity contribution in [3.63, 3.8) is 0 Å². The Labute approximate surface area is 60.5 Å². The van der Waals surface area contributed by atoms with Gasteiger partial charge in [-0.2, -0.15) is 0 Å². The van der Waals surface area contributed by atoms with Crippen LogP contribution in [0.5, 0.6) is 0 Å². The molecule has 1 N–H and O–H groups in total. The Morgan fingerprint density at radius 2 is 2.50 bits per heavy atom. The van der Waals surface area contributed by atoms with E-state index in [4.69, 9.17) is 0 Å².